The molecule has 0 bridgehead atoms. The molecule has 1 aliphatic rings. The van der Waals surface area contributed by atoms with E-state index in [0.717, 1.165) is 25.2 Å². The van der Waals surface area contributed by atoms with Gasteiger partial charge in [0.05, 0.1) is 6.61 Å². The summed E-state index contributed by atoms with van der Waals surface area (Å²) >= 11 is 0. The molecule has 1 fully saturated rings. The molecule has 0 spiro atoms. The summed E-state index contributed by atoms with van der Waals surface area (Å²) in [5.41, 5.74) is 0. The molecule has 4 heteroatoms. The lowest BCUT2D eigenvalue weighted by Crippen LogP contribution is -2.24. The quantitative estimate of drug-likeness (QED) is 0.757. The minimum atomic E-state index is -0.0198. The Kier molecular flexibility index (Phi) is 4.05. The summed E-state index contributed by atoms with van der Waals surface area (Å²) in [5.74, 6) is 0.850. The number of rotatable bonds is 5. The topological polar surface area (TPSA) is 43.5 Å². The van der Waals surface area contributed by atoms with Gasteiger partial charge in [-0.15, -0.1) is 0 Å². The van der Waals surface area contributed by atoms with Crippen LogP contribution in [0.3, 0.4) is 0 Å². The van der Waals surface area contributed by atoms with Crippen molar-refractivity contribution < 1.29 is 14.2 Å². The van der Waals surface area contributed by atoms with Crippen LogP contribution in [0.25, 0.3) is 0 Å². The van der Waals surface area contributed by atoms with E-state index in [1.807, 2.05) is 18.5 Å². The zero-order valence-electron chi connectivity index (χ0n) is 8.78. The fourth-order valence-corrected chi connectivity index (χ4v) is 1.58. The third-order valence-corrected chi connectivity index (χ3v) is 2.36. The molecule has 0 aromatic carbocycles. The zero-order valence-corrected chi connectivity index (χ0v) is 8.78. The van der Waals surface area contributed by atoms with Gasteiger partial charge in [-0.1, -0.05) is 0 Å². The second-order valence-electron chi connectivity index (χ2n) is 3.56. The number of H-pyrrole nitrogens is 1. The molecule has 2 heterocycles. The monoisotopic (exact) mass is 211 g/mol. The van der Waals surface area contributed by atoms with E-state index in [9.17, 15) is 0 Å². The van der Waals surface area contributed by atoms with E-state index in [-0.39, 0.29) is 6.29 Å². The third kappa shape index (κ3) is 3.57. The van der Waals surface area contributed by atoms with E-state index >= 15 is 0 Å². The number of ether oxygens (including phenoxy) is 3. The van der Waals surface area contributed by atoms with Gasteiger partial charge in [0.2, 0.25) is 0 Å². The van der Waals surface area contributed by atoms with Crippen molar-refractivity contribution in [3.05, 3.63) is 18.5 Å². The second-order valence-corrected chi connectivity index (χ2v) is 3.56. The van der Waals surface area contributed by atoms with Gasteiger partial charge in [-0.2, -0.15) is 0 Å². The van der Waals surface area contributed by atoms with Crippen LogP contribution in [0, 0.1) is 0 Å². The van der Waals surface area contributed by atoms with Crippen LogP contribution in [-0.2, 0) is 9.47 Å². The first-order valence-corrected chi connectivity index (χ1v) is 5.44. The number of aromatic amines is 1. The SMILES string of the molecule is c1cc(OCCO[C@H]2CCCCO2)c[nH]1. The number of aromatic nitrogens is 1. The number of hydrogen-bond acceptors (Lipinski definition) is 3. The summed E-state index contributed by atoms with van der Waals surface area (Å²) in [7, 11) is 0. The summed E-state index contributed by atoms with van der Waals surface area (Å²) in [6, 6.07) is 1.89. The van der Waals surface area contributed by atoms with Gasteiger partial charge in [0.25, 0.3) is 0 Å². The molecule has 0 radical (unpaired) electrons. The highest BCUT2D eigenvalue weighted by molar-refractivity contribution is 5.15. The van der Waals surface area contributed by atoms with Gasteiger partial charge in [-0.05, 0) is 25.3 Å². The highest BCUT2D eigenvalue weighted by atomic mass is 16.7. The summed E-state index contributed by atoms with van der Waals surface area (Å²) in [6.07, 6.45) is 6.98. The molecule has 0 amide bonds. The standard InChI is InChI=1S/C11H17NO3/c1-2-6-14-11(3-1)15-8-7-13-10-4-5-12-9-10/h4-5,9,11-12H,1-3,6-8H2/t11-/m0/s1. The maximum Gasteiger partial charge on any atom is 0.157 e. The summed E-state index contributed by atoms with van der Waals surface area (Å²) in [6.45, 7) is 1.97. The predicted octanol–water partition coefficient (Wildman–Crippen LogP) is 1.94. The van der Waals surface area contributed by atoms with Crippen molar-refractivity contribution >= 4 is 0 Å². The molecule has 1 saturated heterocycles. The fraction of sp³-hybridized carbons (Fsp3) is 0.636. The minimum Gasteiger partial charge on any atom is -0.490 e. The van der Waals surface area contributed by atoms with E-state index in [4.69, 9.17) is 14.2 Å². The predicted molar refractivity (Wildman–Crippen MR) is 55.8 cm³/mol. The lowest BCUT2D eigenvalue weighted by Gasteiger charge is -2.22. The first-order chi connectivity index (χ1) is 7.45. The first kappa shape index (κ1) is 10.5. The van der Waals surface area contributed by atoms with Crippen LogP contribution in [0.1, 0.15) is 19.3 Å². The molecule has 84 valence electrons. The molecule has 1 N–H and O–H groups in total. The summed E-state index contributed by atoms with van der Waals surface area (Å²) in [5, 5.41) is 0. The number of hydrogen-bond donors (Lipinski definition) is 1. The van der Waals surface area contributed by atoms with Crippen molar-refractivity contribution in [1.82, 2.24) is 4.98 Å². The molecule has 2 rings (SSSR count). The van der Waals surface area contributed by atoms with Crippen molar-refractivity contribution in [2.45, 2.75) is 25.6 Å². The first-order valence-electron chi connectivity index (χ1n) is 5.44. The van der Waals surface area contributed by atoms with Crippen LogP contribution >= 0.6 is 0 Å². The van der Waals surface area contributed by atoms with Crippen molar-refractivity contribution in [2.75, 3.05) is 19.8 Å². The Balaban J connectivity index is 1.54. The average molecular weight is 211 g/mol. The Morgan fingerprint density at radius 2 is 2.40 bits per heavy atom. The van der Waals surface area contributed by atoms with Gasteiger partial charge >= 0.3 is 0 Å². The van der Waals surface area contributed by atoms with Gasteiger partial charge in [0, 0.05) is 19.0 Å². The minimum absolute atomic E-state index is 0.0198. The molecule has 1 aliphatic heterocycles. The van der Waals surface area contributed by atoms with Crippen LogP contribution in [0.4, 0.5) is 0 Å². The van der Waals surface area contributed by atoms with E-state index in [0.29, 0.717) is 13.2 Å². The van der Waals surface area contributed by atoms with Crippen LogP contribution in [0.15, 0.2) is 18.5 Å². The Bertz CT molecular complexity index is 255. The van der Waals surface area contributed by atoms with Gasteiger partial charge < -0.3 is 19.2 Å². The maximum absolute atomic E-state index is 5.52. The molecule has 1 aromatic heterocycles. The van der Waals surface area contributed by atoms with Crippen molar-refractivity contribution in [2.24, 2.45) is 0 Å². The molecule has 0 aliphatic carbocycles. The highest BCUT2D eigenvalue weighted by Gasteiger charge is 2.13. The molecule has 15 heavy (non-hydrogen) atoms. The lowest BCUT2D eigenvalue weighted by atomic mass is 10.2. The third-order valence-electron chi connectivity index (χ3n) is 2.36. The summed E-state index contributed by atoms with van der Waals surface area (Å²) in [4.78, 5) is 2.93. The van der Waals surface area contributed by atoms with E-state index in [1.165, 1.54) is 6.42 Å². The van der Waals surface area contributed by atoms with Gasteiger partial charge in [0.1, 0.15) is 12.4 Å². The average Bonchev–Trinajstić information content (AvgIpc) is 2.79. The second kappa shape index (κ2) is 5.78. The summed E-state index contributed by atoms with van der Waals surface area (Å²) < 4.78 is 16.4. The Labute approximate surface area is 89.5 Å². The van der Waals surface area contributed by atoms with Crippen LogP contribution in [-0.4, -0.2) is 31.1 Å². The smallest absolute Gasteiger partial charge is 0.157 e. The van der Waals surface area contributed by atoms with Crippen LogP contribution < -0.4 is 4.74 Å². The van der Waals surface area contributed by atoms with Crippen LogP contribution in [0.5, 0.6) is 5.75 Å². The fourth-order valence-electron chi connectivity index (χ4n) is 1.58. The lowest BCUT2D eigenvalue weighted by molar-refractivity contribution is -0.165. The largest absolute Gasteiger partial charge is 0.490 e. The van der Waals surface area contributed by atoms with E-state index < -0.39 is 0 Å². The molecule has 1 aromatic rings. The van der Waals surface area contributed by atoms with E-state index in [1.54, 1.807) is 0 Å². The zero-order chi connectivity index (χ0) is 10.3. The highest BCUT2D eigenvalue weighted by Crippen LogP contribution is 2.13. The molecule has 0 saturated carbocycles. The van der Waals surface area contributed by atoms with Crippen molar-refractivity contribution in [1.29, 1.82) is 0 Å². The van der Waals surface area contributed by atoms with Crippen LogP contribution in [0.2, 0.25) is 0 Å². The maximum atomic E-state index is 5.52. The Hall–Kier alpha value is -1.00. The Morgan fingerprint density at radius 1 is 1.40 bits per heavy atom. The van der Waals surface area contributed by atoms with Crippen molar-refractivity contribution in [3.8, 4) is 5.75 Å². The number of nitrogens with one attached hydrogen (secondary N) is 1. The van der Waals surface area contributed by atoms with Gasteiger partial charge in [-0.3, -0.25) is 0 Å². The molecule has 0 unspecified atom stereocenters. The molecular formula is C11H17NO3. The molecule has 4 nitrogen and oxygen atoms in total. The van der Waals surface area contributed by atoms with Gasteiger partial charge in [0.15, 0.2) is 6.29 Å². The van der Waals surface area contributed by atoms with Crippen molar-refractivity contribution in [3.63, 3.8) is 0 Å². The van der Waals surface area contributed by atoms with Gasteiger partial charge in [-0.25, -0.2) is 0 Å². The Morgan fingerprint density at radius 3 is 3.13 bits per heavy atom. The van der Waals surface area contributed by atoms with E-state index in [2.05, 4.69) is 4.98 Å². The normalized spacial score (nSPS) is 21.5. The molecule has 1 atom stereocenters. The molecular weight excluding hydrogens is 194 g/mol.